The zero-order chi connectivity index (χ0) is 15.5. The number of hydrogen-bond acceptors (Lipinski definition) is 2. The first-order chi connectivity index (χ1) is 10.7. The van der Waals surface area contributed by atoms with Gasteiger partial charge in [-0.3, -0.25) is 4.79 Å². The average molecular weight is 334 g/mol. The van der Waals surface area contributed by atoms with Crippen molar-refractivity contribution in [2.45, 2.75) is 26.2 Å². The largest absolute Gasteiger partial charge is 0.371 e. The van der Waals surface area contributed by atoms with E-state index in [0.717, 1.165) is 42.7 Å². The van der Waals surface area contributed by atoms with Crippen molar-refractivity contribution >= 4 is 23.9 Å². The zero-order valence-electron chi connectivity index (χ0n) is 13.2. The molecular formula is C19H21ClFNO. The lowest BCUT2D eigenvalue weighted by molar-refractivity contribution is 0.0989. The van der Waals surface area contributed by atoms with Crippen molar-refractivity contribution in [3.05, 3.63) is 53.8 Å². The standard InChI is InChI=1S/C19H20FNO.ClH/c1-2-18(22)16-9-6-10-17(21-11-3-4-12-21)19(16)14-7-5-8-15(20)13-14;/h5-10,13H,2-4,11-12H2,1H3;1H. The van der Waals surface area contributed by atoms with E-state index >= 15 is 0 Å². The van der Waals surface area contributed by atoms with Crippen molar-refractivity contribution in [3.63, 3.8) is 0 Å². The fourth-order valence-corrected chi connectivity index (χ4v) is 3.13. The van der Waals surface area contributed by atoms with Gasteiger partial charge < -0.3 is 4.90 Å². The van der Waals surface area contributed by atoms with Gasteiger partial charge in [-0.25, -0.2) is 4.39 Å². The van der Waals surface area contributed by atoms with Crippen LogP contribution in [0.5, 0.6) is 0 Å². The molecule has 0 aliphatic carbocycles. The number of halogens is 2. The number of anilines is 1. The van der Waals surface area contributed by atoms with Gasteiger partial charge in [0.15, 0.2) is 5.78 Å². The molecular weight excluding hydrogens is 313 g/mol. The molecule has 0 spiro atoms. The SMILES string of the molecule is CCC(=O)c1cccc(N2CCCC2)c1-c1cccc(F)c1.Cl. The maximum atomic E-state index is 13.7. The Hall–Kier alpha value is -1.87. The summed E-state index contributed by atoms with van der Waals surface area (Å²) in [6.07, 6.45) is 2.77. The predicted molar refractivity (Wildman–Crippen MR) is 95.2 cm³/mol. The molecule has 1 heterocycles. The van der Waals surface area contributed by atoms with Gasteiger partial charge in [-0.2, -0.15) is 0 Å². The van der Waals surface area contributed by atoms with Gasteiger partial charge in [-0.15, -0.1) is 12.4 Å². The minimum Gasteiger partial charge on any atom is -0.371 e. The summed E-state index contributed by atoms with van der Waals surface area (Å²) in [6.45, 7) is 3.85. The van der Waals surface area contributed by atoms with Crippen LogP contribution < -0.4 is 4.90 Å². The van der Waals surface area contributed by atoms with Crippen LogP contribution in [0.4, 0.5) is 10.1 Å². The summed E-state index contributed by atoms with van der Waals surface area (Å²) in [5.41, 5.74) is 3.38. The second-order valence-electron chi connectivity index (χ2n) is 5.68. The summed E-state index contributed by atoms with van der Waals surface area (Å²) in [7, 11) is 0. The Balaban J connectivity index is 0.00000192. The molecule has 0 bridgehead atoms. The topological polar surface area (TPSA) is 20.3 Å². The Morgan fingerprint density at radius 3 is 2.48 bits per heavy atom. The van der Waals surface area contributed by atoms with Crippen molar-refractivity contribution in [1.29, 1.82) is 0 Å². The van der Waals surface area contributed by atoms with Crippen molar-refractivity contribution in [2.24, 2.45) is 0 Å². The minimum atomic E-state index is -0.274. The van der Waals surface area contributed by atoms with Crippen molar-refractivity contribution < 1.29 is 9.18 Å². The number of ketones is 1. The highest BCUT2D eigenvalue weighted by molar-refractivity contribution is 6.05. The van der Waals surface area contributed by atoms with Crippen LogP contribution in [-0.4, -0.2) is 18.9 Å². The molecule has 3 rings (SSSR count). The van der Waals surface area contributed by atoms with Crippen molar-refractivity contribution in [1.82, 2.24) is 0 Å². The first-order valence-corrected chi connectivity index (χ1v) is 7.88. The minimum absolute atomic E-state index is 0. The predicted octanol–water partition coefficient (Wildman–Crippen LogP) is 5.11. The molecule has 0 saturated carbocycles. The Labute approximate surface area is 142 Å². The molecule has 2 aromatic rings. The zero-order valence-corrected chi connectivity index (χ0v) is 14.0. The van der Waals surface area contributed by atoms with Gasteiger partial charge in [0.1, 0.15) is 5.82 Å². The molecule has 23 heavy (non-hydrogen) atoms. The maximum absolute atomic E-state index is 13.7. The maximum Gasteiger partial charge on any atom is 0.163 e. The van der Waals surface area contributed by atoms with Crippen molar-refractivity contribution in [3.8, 4) is 11.1 Å². The van der Waals surface area contributed by atoms with Crippen LogP contribution in [0.15, 0.2) is 42.5 Å². The highest BCUT2D eigenvalue weighted by Gasteiger charge is 2.21. The molecule has 0 N–H and O–H groups in total. The number of rotatable bonds is 4. The Morgan fingerprint density at radius 2 is 1.83 bits per heavy atom. The number of carbonyl (C=O) groups excluding carboxylic acids is 1. The van der Waals surface area contributed by atoms with Crippen LogP contribution in [-0.2, 0) is 0 Å². The highest BCUT2D eigenvalue weighted by atomic mass is 35.5. The van der Waals surface area contributed by atoms with Crippen LogP contribution in [0.3, 0.4) is 0 Å². The molecule has 1 aliphatic heterocycles. The summed E-state index contributed by atoms with van der Waals surface area (Å²) >= 11 is 0. The van der Waals surface area contributed by atoms with Gasteiger partial charge in [0.05, 0.1) is 0 Å². The number of benzene rings is 2. The number of Topliss-reactive ketones (excluding diaryl/α,β-unsaturated/α-hetero) is 1. The second kappa shape index (κ2) is 7.60. The Morgan fingerprint density at radius 1 is 1.13 bits per heavy atom. The normalized spacial score (nSPS) is 13.7. The quantitative estimate of drug-likeness (QED) is 0.725. The smallest absolute Gasteiger partial charge is 0.163 e. The third-order valence-corrected chi connectivity index (χ3v) is 4.22. The first kappa shape index (κ1) is 17.5. The molecule has 1 fully saturated rings. The van der Waals surface area contributed by atoms with E-state index in [9.17, 15) is 9.18 Å². The Bertz CT molecular complexity index is 696. The summed E-state index contributed by atoms with van der Waals surface area (Å²) in [6, 6.07) is 12.4. The van der Waals surface area contributed by atoms with Gasteiger partial charge >= 0.3 is 0 Å². The van der Waals surface area contributed by atoms with E-state index < -0.39 is 0 Å². The van der Waals surface area contributed by atoms with E-state index in [-0.39, 0.29) is 24.0 Å². The number of carbonyl (C=O) groups is 1. The lowest BCUT2D eigenvalue weighted by atomic mass is 9.93. The van der Waals surface area contributed by atoms with Gasteiger partial charge in [-0.05, 0) is 36.6 Å². The summed E-state index contributed by atoms with van der Waals surface area (Å²) in [5, 5.41) is 0. The van der Waals surface area contributed by atoms with E-state index in [1.165, 1.54) is 12.1 Å². The molecule has 0 aromatic heterocycles. The van der Waals surface area contributed by atoms with Gasteiger partial charge in [0.25, 0.3) is 0 Å². The third kappa shape index (κ3) is 3.56. The molecule has 2 aromatic carbocycles. The number of nitrogens with zero attached hydrogens (tertiary/aromatic N) is 1. The van der Waals surface area contributed by atoms with Gasteiger partial charge in [0.2, 0.25) is 0 Å². The molecule has 0 radical (unpaired) electrons. The highest BCUT2D eigenvalue weighted by Crippen LogP contribution is 2.36. The summed E-state index contributed by atoms with van der Waals surface area (Å²) in [4.78, 5) is 14.6. The fourth-order valence-electron chi connectivity index (χ4n) is 3.13. The molecule has 1 aliphatic rings. The van der Waals surface area contributed by atoms with Crippen molar-refractivity contribution in [2.75, 3.05) is 18.0 Å². The van der Waals surface area contributed by atoms with E-state index in [1.807, 2.05) is 31.2 Å². The van der Waals surface area contributed by atoms with Gasteiger partial charge in [-0.1, -0.05) is 31.2 Å². The number of hydrogen-bond donors (Lipinski definition) is 0. The van der Waals surface area contributed by atoms with Crippen LogP contribution in [0, 0.1) is 5.82 Å². The molecule has 122 valence electrons. The Kier molecular flexibility index (Phi) is 5.78. The van der Waals surface area contributed by atoms with Crippen LogP contribution >= 0.6 is 12.4 Å². The monoisotopic (exact) mass is 333 g/mol. The molecule has 0 amide bonds. The first-order valence-electron chi connectivity index (χ1n) is 7.88. The molecule has 1 saturated heterocycles. The lowest BCUT2D eigenvalue weighted by Gasteiger charge is -2.23. The van der Waals surface area contributed by atoms with Crippen LogP contribution in [0.2, 0.25) is 0 Å². The van der Waals surface area contributed by atoms with Gasteiger partial charge in [0, 0.05) is 36.3 Å². The molecule has 0 unspecified atom stereocenters. The van der Waals surface area contributed by atoms with E-state index in [4.69, 9.17) is 0 Å². The van der Waals surface area contributed by atoms with Crippen LogP contribution in [0.1, 0.15) is 36.5 Å². The fraction of sp³-hybridized carbons (Fsp3) is 0.316. The second-order valence-corrected chi connectivity index (χ2v) is 5.68. The average Bonchev–Trinajstić information content (AvgIpc) is 3.07. The molecule has 4 heteroatoms. The van der Waals surface area contributed by atoms with E-state index in [2.05, 4.69) is 4.90 Å². The molecule has 0 atom stereocenters. The van der Waals surface area contributed by atoms with Crippen LogP contribution in [0.25, 0.3) is 11.1 Å². The third-order valence-electron chi connectivity index (χ3n) is 4.22. The van der Waals surface area contributed by atoms with E-state index in [0.29, 0.717) is 12.0 Å². The lowest BCUT2D eigenvalue weighted by Crippen LogP contribution is -2.19. The van der Waals surface area contributed by atoms with E-state index in [1.54, 1.807) is 6.07 Å². The molecule has 2 nitrogen and oxygen atoms in total. The summed E-state index contributed by atoms with van der Waals surface area (Å²) in [5.74, 6) is -0.177. The summed E-state index contributed by atoms with van der Waals surface area (Å²) < 4.78 is 13.7.